The molecule has 0 aliphatic rings. The highest BCUT2D eigenvalue weighted by Crippen LogP contribution is 2.16. The lowest BCUT2D eigenvalue weighted by atomic mass is 10.1. The summed E-state index contributed by atoms with van der Waals surface area (Å²) in [7, 11) is 0. The Hall–Kier alpha value is -2.17. The van der Waals surface area contributed by atoms with Crippen LogP contribution in [0.3, 0.4) is 0 Å². The predicted molar refractivity (Wildman–Crippen MR) is 89.1 cm³/mol. The van der Waals surface area contributed by atoms with E-state index in [2.05, 4.69) is 22.2 Å². The predicted octanol–water partition coefficient (Wildman–Crippen LogP) is 3.43. The highest BCUT2D eigenvalue weighted by atomic mass is 35.5. The van der Waals surface area contributed by atoms with Crippen LogP contribution in [0.5, 0.6) is 0 Å². The zero-order valence-corrected chi connectivity index (χ0v) is 12.9. The van der Waals surface area contributed by atoms with Crippen molar-refractivity contribution in [2.75, 3.05) is 0 Å². The van der Waals surface area contributed by atoms with Crippen molar-refractivity contribution in [3.8, 4) is 0 Å². The van der Waals surface area contributed by atoms with Crippen LogP contribution in [-0.2, 0) is 6.54 Å². The van der Waals surface area contributed by atoms with Crippen molar-refractivity contribution in [3.05, 3.63) is 75.3 Å². The zero-order valence-electron chi connectivity index (χ0n) is 12.1. The minimum atomic E-state index is -0.110. The standard InChI is InChI=1S/C17H16ClN3O/c1-11(12-6-8-13(18)9-7-12)19-10-16-20-15-5-3-2-4-14(15)17(22)21-16/h2-9,11,19H,10H2,1H3,(H,20,21,22)/t11-/m1/s1. The molecule has 1 aromatic heterocycles. The lowest BCUT2D eigenvalue weighted by molar-refractivity contribution is 0.559. The molecule has 3 rings (SSSR count). The molecule has 3 aromatic rings. The van der Waals surface area contributed by atoms with Crippen LogP contribution in [-0.4, -0.2) is 9.97 Å². The number of hydrogen-bond acceptors (Lipinski definition) is 3. The van der Waals surface area contributed by atoms with Gasteiger partial charge in [-0.15, -0.1) is 0 Å². The second-order valence-electron chi connectivity index (χ2n) is 5.18. The second-order valence-corrected chi connectivity index (χ2v) is 5.62. The molecule has 1 heterocycles. The SMILES string of the molecule is C[C@@H](NCc1nc2ccccc2c(=O)[nH]1)c1ccc(Cl)cc1. The lowest BCUT2D eigenvalue weighted by Gasteiger charge is -2.14. The molecule has 0 aliphatic heterocycles. The topological polar surface area (TPSA) is 57.8 Å². The lowest BCUT2D eigenvalue weighted by Crippen LogP contribution is -2.22. The summed E-state index contributed by atoms with van der Waals surface area (Å²) in [6.45, 7) is 2.55. The van der Waals surface area contributed by atoms with Gasteiger partial charge in [0, 0.05) is 11.1 Å². The van der Waals surface area contributed by atoms with E-state index in [9.17, 15) is 4.79 Å². The van der Waals surface area contributed by atoms with Crippen molar-refractivity contribution in [2.24, 2.45) is 0 Å². The molecule has 2 N–H and O–H groups in total. The average molecular weight is 314 g/mol. The molecule has 0 fully saturated rings. The Kier molecular flexibility index (Phi) is 4.22. The zero-order chi connectivity index (χ0) is 15.5. The monoisotopic (exact) mass is 313 g/mol. The fraction of sp³-hybridized carbons (Fsp3) is 0.176. The summed E-state index contributed by atoms with van der Waals surface area (Å²) < 4.78 is 0. The smallest absolute Gasteiger partial charge is 0.258 e. The molecule has 0 bridgehead atoms. The normalized spacial score (nSPS) is 12.5. The van der Waals surface area contributed by atoms with Crippen LogP contribution in [0.15, 0.2) is 53.3 Å². The number of nitrogens with one attached hydrogen (secondary N) is 2. The van der Waals surface area contributed by atoms with Crippen LogP contribution in [0.2, 0.25) is 5.02 Å². The minimum absolute atomic E-state index is 0.110. The van der Waals surface area contributed by atoms with E-state index in [1.165, 1.54) is 0 Å². The Balaban J connectivity index is 1.76. The van der Waals surface area contributed by atoms with Crippen molar-refractivity contribution in [3.63, 3.8) is 0 Å². The molecule has 0 aliphatic carbocycles. The number of fused-ring (bicyclic) bond motifs is 1. The molecule has 5 heteroatoms. The van der Waals surface area contributed by atoms with Gasteiger partial charge in [0.05, 0.1) is 17.4 Å². The molecule has 1 atom stereocenters. The van der Waals surface area contributed by atoms with E-state index in [0.717, 1.165) is 10.6 Å². The Morgan fingerprint density at radius 1 is 1.18 bits per heavy atom. The first kappa shape index (κ1) is 14.8. The molecule has 0 amide bonds. The second kappa shape index (κ2) is 6.30. The van der Waals surface area contributed by atoms with Crippen LogP contribution in [0.1, 0.15) is 24.4 Å². The molecule has 2 aromatic carbocycles. The molecular weight excluding hydrogens is 298 g/mol. The molecule has 22 heavy (non-hydrogen) atoms. The van der Waals surface area contributed by atoms with Gasteiger partial charge in [0.2, 0.25) is 0 Å². The quantitative estimate of drug-likeness (QED) is 0.776. The first-order valence-electron chi connectivity index (χ1n) is 7.10. The number of hydrogen-bond donors (Lipinski definition) is 2. The third-order valence-corrected chi connectivity index (χ3v) is 3.86. The Morgan fingerprint density at radius 3 is 2.68 bits per heavy atom. The Bertz CT molecular complexity index is 842. The van der Waals surface area contributed by atoms with Gasteiger partial charge in [0.1, 0.15) is 5.82 Å². The molecule has 0 spiro atoms. The van der Waals surface area contributed by atoms with Crippen molar-refractivity contribution < 1.29 is 0 Å². The van der Waals surface area contributed by atoms with Crippen molar-refractivity contribution in [1.29, 1.82) is 0 Å². The van der Waals surface area contributed by atoms with E-state index in [1.807, 2.05) is 42.5 Å². The number of nitrogens with zero attached hydrogens (tertiary/aromatic N) is 1. The van der Waals surface area contributed by atoms with Crippen LogP contribution < -0.4 is 10.9 Å². The third-order valence-electron chi connectivity index (χ3n) is 3.61. The molecule has 0 radical (unpaired) electrons. The van der Waals surface area contributed by atoms with E-state index < -0.39 is 0 Å². The van der Waals surface area contributed by atoms with E-state index in [1.54, 1.807) is 6.07 Å². The number of aromatic nitrogens is 2. The van der Waals surface area contributed by atoms with Gasteiger partial charge in [-0.05, 0) is 36.8 Å². The fourth-order valence-corrected chi connectivity index (χ4v) is 2.46. The Morgan fingerprint density at radius 2 is 1.91 bits per heavy atom. The van der Waals surface area contributed by atoms with Crippen molar-refractivity contribution >= 4 is 22.5 Å². The average Bonchev–Trinajstić information content (AvgIpc) is 2.53. The molecule has 112 valence electrons. The van der Waals surface area contributed by atoms with Gasteiger partial charge >= 0.3 is 0 Å². The summed E-state index contributed by atoms with van der Waals surface area (Å²) in [6, 6.07) is 15.2. The molecule has 0 unspecified atom stereocenters. The summed E-state index contributed by atoms with van der Waals surface area (Å²) in [6.07, 6.45) is 0. The summed E-state index contributed by atoms with van der Waals surface area (Å²) in [5, 5.41) is 4.68. The van der Waals surface area contributed by atoms with Gasteiger partial charge < -0.3 is 10.3 Å². The van der Waals surface area contributed by atoms with E-state index in [4.69, 9.17) is 11.6 Å². The van der Waals surface area contributed by atoms with Gasteiger partial charge in [0.15, 0.2) is 0 Å². The van der Waals surface area contributed by atoms with Gasteiger partial charge in [-0.2, -0.15) is 0 Å². The number of halogens is 1. The maximum absolute atomic E-state index is 12.0. The van der Waals surface area contributed by atoms with Crippen LogP contribution in [0.4, 0.5) is 0 Å². The van der Waals surface area contributed by atoms with Crippen LogP contribution >= 0.6 is 11.6 Å². The van der Waals surface area contributed by atoms with Gasteiger partial charge in [0.25, 0.3) is 5.56 Å². The fourth-order valence-electron chi connectivity index (χ4n) is 2.34. The van der Waals surface area contributed by atoms with Gasteiger partial charge in [-0.25, -0.2) is 4.98 Å². The molecule has 0 saturated carbocycles. The summed E-state index contributed by atoms with van der Waals surface area (Å²) in [5.41, 5.74) is 1.73. The van der Waals surface area contributed by atoms with Gasteiger partial charge in [-0.1, -0.05) is 35.9 Å². The number of para-hydroxylation sites is 1. The van der Waals surface area contributed by atoms with Crippen molar-refractivity contribution in [2.45, 2.75) is 19.5 Å². The van der Waals surface area contributed by atoms with Crippen LogP contribution in [0, 0.1) is 0 Å². The van der Waals surface area contributed by atoms with Crippen LogP contribution in [0.25, 0.3) is 10.9 Å². The first-order chi connectivity index (χ1) is 10.6. The highest BCUT2D eigenvalue weighted by Gasteiger charge is 2.07. The number of rotatable bonds is 4. The largest absolute Gasteiger partial charge is 0.309 e. The number of aromatic amines is 1. The maximum atomic E-state index is 12.0. The summed E-state index contributed by atoms with van der Waals surface area (Å²) in [4.78, 5) is 19.3. The van der Waals surface area contributed by atoms with E-state index in [0.29, 0.717) is 23.3 Å². The molecule has 4 nitrogen and oxygen atoms in total. The third kappa shape index (κ3) is 3.18. The van der Waals surface area contributed by atoms with Crippen molar-refractivity contribution in [1.82, 2.24) is 15.3 Å². The summed E-state index contributed by atoms with van der Waals surface area (Å²) in [5.74, 6) is 0.629. The maximum Gasteiger partial charge on any atom is 0.258 e. The van der Waals surface area contributed by atoms with E-state index >= 15 is 0 Å². The number of H-pyrrole nitrogens is 1. The molecular formula is C17H16ClN3O. The first-order valence-corrected chi connectivity index (χ1v) is 7.48. The van der Waals surface area contributed by atoms with Gasteiger partial charge in [-0.3, -0.25) is 4.79 Å². The summed E-state index contributed by atoms with van der Waals surface area (Å²) >= 11 is 5.89. The van der Waals surface area contributed by atoms with E-state index in [-0.39, 0.29) is 11.6 Å². The Labute approximate surface area is 133 Å². The minimum Gasteiger partial charge on any atom is -0.309 e. The number of benzene rings is 2. The highest BCUT2D eigenvalue weighted by molar-refractivity contribution is 6.30. The molecule has 0 saturated heterocycles.